The standard InChI is InChI=1S/C23H24N2O4/c1-3-29-19-6-4-5-18(15-19)25-22(26)20(17-9-7-16(2)8-10-17)21(23(25)27)24-11-13-28-14-12-24/h4-10,15H,3,11-14H2,1-2H3. The van der Waals surface area contributed by atoms with Gasteiger partial charge in [0.15, 0.2) is 0 Å². The molecule has 0 bridgehead atoms. The van der Waals surface area contributed by atoms with Gasteiger partial charge in [-0.15, -0.1) is 0 Å². The summed E-state index contributed by atoms with van der Waals surface area (Å²) in [6.07, 6.45) is 0. The van der Waals surface area contributed by atoms with Gasteiger partial charge in [0, 0.05) is 19.2 Å². The van der Waals surface area contributed by atoms with Crippen molar-refractivity contribution in [3.63, 3.8) is 0 Å². The summed E-state index contributed by atoms with van der Waals surface area (Å²) in [5.74, 6) is 0.0115. The van der Waals surface area contributed by atoms with Gasteiger partial charge < -0.3 is 14.4 Å². The zero-order valence-corrected chi connectivity index (χ0v) is 16.7. The van der Waals surface area contributed by atoms with Crippen LogP contribution >= 0.6 is 0 Å². The number of benzene rings is 2. The summed E-state index contributed by atoms with van der Waals surface area (Å²) in [4.78, 5) is 30.1. The number of ether oxygens (including phenoxy) is 2. The normalized spacial score (nSPS) is 17.3. The number of nitrogens with zero attached hydrogens (tertiary/aromatic N) is 2. The van der Waals surface area contributed by atoms with Crippen LogP contribution in [0.15, 0.2) is 54.2 Å². The van der Waals surface area contributed by atoms with E-state index in [0.29, 0.717) is 55.6 Å². The second-order valence-electron chi connectivity index (χ2n) is 7.07. The predicted molar refractivity (Wildman–Crippen MR) is 111 cm³/mol. The fourth-order valence-corrected chi connectivity index (χ4v) is 3.69. The number of morpholine rings is 1. The third kappa shape index (κ3) is 3.63. The lowest BCUT2D eigenvalue weighted by Gasteiger charge is -2.29. The number of anilines is 1. The Labute approximate surface area is 170 Å². The summed E-state index contributed by atoms with van der Waals surface area (Å²) in [6, 6.07) is 14.8. The predicted octanol–water partition coefficient (Wildman–Crippen LogP) is 3.01. The van der Waals surface area contributed by atoms with E-state index in [4.69, 9.17) is 9.47 Å². The second kappa shape index (κ2) is 8.09. The maximum absolute atomic E-state index is 13.5. The molecule has 6 heteroatoms. The molecule has 2 aliphatic rings. The van der Waals surface area contributed by atoms with Crippen LogP contribution in [0, 0.1) is 6.92 Å². The SMILES string of the molecule is CCOc1cccc(N2C(=O)C(c3ccc(C)cc3)=C(N3CCOCC3)C2=O)c1. The highest BCUT2D eigenvalue weighted by Gasteiger charge is 2.42. The fourth-order valence-electron chi connectivity index (χ4n) is 3.69. The van der Waals surface area contributed by atoms with Crippen molar-refractivity contribution in [1.29, 1.82) is 0 Å². The van der Waals surface area contributed by atoms with Gasteiger partial charge in [-0.25, -0.2) is 4.90 Å². The largest absolute Gasteiger partial charge is 0.494 e. The molecule has 6 nitrogen and oxygen atoms in total. The first-order valence-electron chi connectivity index (χ1n) is 9.86. The molecule has 0 aliphatic carbocycles. The van der Waals surface area contributed by atoms with E-state index in [1.165, 1.54) is 4.90 Å². The van der Waals surface area contributed by atoms with Crippen molar-refractivity contribution in [3.05, 3.63) is 65.4 Å². The molecule has 2 amide bonds. The number of imide groups is 1. The van der Waals surface area contributed by atoms with Crippen molar-refractivity contribution in [2.24, 2.45) is 0 Å². The van der Waals surface area contributed by atoms with Crippen LogP contribution in [0.4, 0.5) is 5.69 Å². The molecular formula is C23H24N2O4. The van der Waals surface area contributed by atoms with Crippen LogP contribution in [0.3, 0.4) is 0 Å². The van der Waals surface area contributed by atoms with E-state index in [1.807, 2.05) is 49.1 Å². The molecule has 2 aromatic rings. The quantitative estimate of drug-likeness (QED) is 0.732. The maximum atomic E-state index is 13.5. The van der Waals surface area contributed by atoms with Crippen molar-refractivity contribution < 1.29 is 19.1 Å². The number of carbonyl (C=O) groups excluding carboxylic acids is 2. The van der Waals surface area contributed by atoms with Gasteiger partial charge in [0.1, 0.15) is 11.4 Å². The molecule has 1 saturated heterocycles. The molecule has 4 rings (SSSR count). The van der Waals surface area contributed by atoms with Crippen molar-refractivity contribution in [1.82, 2.24) is 4.90 Å². The van der Waals surface area contributed by atoms with Gasteiger partial charge in [0.25, 0.3) is 11.8 Å². The van der Waals surface area contributed by atoms with Crippen LogP contribution in [-0.2, 0) is 14.3 Å². The molecule has 0 radical (unpaired) electrons. The molecule has 29 heavy (non-hydrogen) atoms. The van der Waals surface area contributed by atoms with E-state index in [0.717, 1.165) is 11.1 Å². The Hall–Kier alpha value is -3.12. The Bertz CT molecular complexity index is 959. The topological polar surface area (TPSA) is 59.1 Å². The third-order valence-corrected chi connectivity index (χ3v) is 5.11. The van der Waals surface area contributed by atoms with Crippen molar-refractivity contribution in [2.75, 3.05) is 37.8 Å². The van der Waals surface area contributed by atoms with Crippen molar-refractivity contribution >= 4 is 23.1 Å². The first kappa shape index (κ1) is 19.2. The third-order valence-electron chi connectivity index (χ3n) is 5.11. The minimum atomic E-state index is -0.311. The van der Waals surface area contributed by atoms with Gasteiger partial charge in [-0.3, -0.25) is 9.59 Å². The van der Waals surface area contributed by atoms with E-state index in [1.54, 1.807) is 18.2 Å². The molecule has 2 heterocycles. The molecular weight excluding hydrogens is 368 g/mol. The number of carbonyl (C=O) groups is 2. The average Bonchev–Trinajstić information content (AvgIpc) is 3.00. The molecule has 2 aliphatic heterocycles. The monoisotopic (exact) mass is 392 g/mol. The van der Waals surface area contributed by atoms with Crippen LogP contribution in [0.2, 0.25) is 0 Å². The number of hydrogen-bond donors (Lipinski definition) is 0. The average molecular weight is 392 g/mol. The summed E-state index contributed by atoms with van der Waals surface area (Å²) < 4.78 is 11.0. The van der Waals surface area contributed by atoms with Gasteiger partial charge in [0.05, 0.1) is 31.1 Å². The summed E-state index contributed by atoms with van der Waals surface area (Å²) in [6.45, 7) is 6.63. The lowest BCUT2D eigenvalue weighted by Crippen LogP contribution is -2.40. The number of amides is 2. The molecule has 0 spiro atoms. The summed E-state index contributed by atoms with van der Waals surface area (Å²) in [7, 11) is 0. The van der Waals surface area contributed by atoms with Gasteiger partial charge >= 0.3 is 0 Å². The minimum Gasteiger partial charge on any atom is -0.494 e. The van der Waals surface area contributed by atoms with E-state index in [-0.39, 0.29) is 11.8 Å². The first-order chi connectivity index (χ1) is 14.1. The number of rotatable bonds is 5. The van der Waals surface area contributed by atoms with Crippen LogP contribution in [0.5, 0.6) is 5.75 Å². The Kier molecular flexibility index (Phi) is 5.36. The maximum Gasteiger partial charge on any atom is 0.282 e. The molecule has 150 valence electrons. The summed E-state index contributed by atoms with van der Waals surface area (Å²) >= 11 is 0. The second-order valence-corrected chi connectivity index (χ2v) is 7.07. The molecule has 0 atom stereocenters. The van der Waals surface area contributed by atoms with Crippen LogP contribution < -0.4 is 9.64 Å². The summed E-state index contributed by atoms with van der Waals surface area (Å²) in [5, 5.41) is 0. The molecule has 0 N–H and O–H groups in total. The van der Waals surface area contributed by atoms with E-state index in [9.17, 15) is 9.59 Å². The smallest absolute Gasteiger partial charge is 0.282 e. The molecule has 0 unspecified atom stereocenters. The highest BCUT2D eigenvalue weighted by molar-refractivity contribution is 6.45. The highest BCUT2D eigenvalue weighted by Crippen LogP contribution is 2.36. The highest BCUT2D eigenvalue weighted by atomic mass is 16.5. The molecule has 2 aromatic carbocycles. The van der Waals surface area contributed by atoms with Crippen molar-refractivity contribution in [3.8, 4) is 5.75 Å². The Morgan fingerprint density at radius 1 is 1.00 bits per heavy atom. The lowest BCUT2D eigenvalue weighted by atomic mass is 10.0. The van der Waals surface area contributed by atoms with Gasteiger partial charge in [-0.1, -0.05) is 35.9 Å². The van der Waals surface area contributed by atoms with Crippen LogP contribution in [0.25, 0.3) is 5.57 Å². The van der Waals surface area contributed by atoms with Crippen molar-refractivity contribution in [2.45, 2.75) is 13.8 Å². The Balaban J connectivity index is 1.79. The number of aryl methyl sites for hydroxylation is 1. The fraction of sp³-hybridized carbons (Fsp3) is 0.304. The zero-order valence-electron chi connectivity index (χ0n) is 16.7. The Morgan fingerprint density at radius 2 is 1.72 bits per heavy atom. The van der Waals surface area contributed by atoms with E-state index >= 15 is 0 Å². The molecule has 0 saturated carbocycles. The first-order valence-corrected chi connectivity index (χ1v) is 9.86. The van der Waals surface area contributed by atoms with Crippen LogP contribution in [0.1, 0.15) is 18.1 Å². The van der Waals surface area contributed by atoms with E-state index < -0.39 is 0 Å². The molecule has 0 aromatic heterocycles. The molecule has 1 fully saturated rings. The van der Waals surface area contributed by atoms with Gasteiger partial charge in [-0.2, -0.15) is 0 Å². The lowest BCUT2D eigenvalue weighted by molar-refractivity contribution is -0.121. The van der Waals surface area contributed by atoms with Gasteiger partial charge in [-0.05, 0) is 31.5 Å². The van der Waals surface area contributed by atoms with Crippen LogP contribution in [-0.4, -0.2) is 49.6 Å². The van der Waals surface area contributed by atoms with E-state index in [2.05, 4.69) is 0 Å². The zero-order chi connectivity index (χ0) is 20.4. The number of hydrogen-bond acceptors (Lipinski definition) is 5. The minimum absolute atomic E-state index is 0.305. The summed E-state index contributed by atoms with van der Waals surface area (Å²) in [5.41, 5.74) is 3.25. The van der Waals surface area contributed by atoms with Gasteiger partial charge in [0.2, 0.25) is 0 Å². The Morgan fingerprint density at radius 3 is 2.41 bits per heavy atom.